The van der Waals surface area contributed by atoms with Gasteiger partial charge >= 0.3 is 4.87 Å². The number of ether oxygens (including phenoxy) is 1. The second-order valence-corrected chi connectivity index (χ2v) is 7.59. The van der Waals surface area contributed by atoms with Crippen LogP contribution in [-0.2, 0) is 11.3 Å². The Balaban J connectivity index is 1.82. The highest BCUT2D eigenvalue weighted by Gasteiger charge is 2.39. The number of nitrogens with two attached hydrogens (primary N) is 1. The molecule has 0 saturated carbocycles. The maximum absolute atomic E-state index is 12.4. The number of para-hydroxylation sites is 1. The fourth-order valence-corrected chi connectivity index (χ4v) is 5.87. The molecule has 1 aromatic carbocycles. The lowest BCUT2D eigenvalue weighted by Crippen LogP contribution is -2.36. The van der Waals surface area contributed by atoms with E-state index in [4.69, 9.17) is 10.6 Å². The second-order valence-electron chi connectivity index (χ2n) is 5.59. The number of thiazole rings is 1. The molecule has 1 aromatic heterocycles. The maximum atomic E-state index is 12.4. The molecule has 1 amide bonds. The lowest BCUT2D eigenvalue weighted by molar-refractivity contribution is -0.121. The molecular formula is C15H15N3O3S2. The molecule has 120 valence electrons. The van der Waals surface area contributed by atoms with Crippen LogP contribution in [-0.4, -0.2) is 22.8 Å². The summed E-state index contributed by atoms with van der Waals surface area (Å²) in [5, 5.41) is 0.890. The number of thioether (sulfide) groups is 1. The van der Waals surface area contributed by atoms with E-state index in [1.807, 2.05) is 18.2 Å². The smallest absolute Gasteiger partial charge is 0.308 e. The van der Waals surface area contributed by atoms with Crippen LogP contribution in [0.15, 0.2) is 34.1 Å². The van der Waals surface area contributed by atoms with Gasteiger partial charge in [-0.25, -0.2) is 5.84 Å². The van der Waals surface area contributed by atoms with Gasteiger partial charge in [0.25, 0.3) is 5.91 Å². The zero-order chi connectivity index (χ0) is 16.0. The van der Waals surface area contributed by atoms with Gasteiger partial charge < -0.3 is 4.74 Å². The summed E-state index contributed by atoms with van der Waals surface area (Å²) in [6, 6.07) is 7.98. The molecule has 0 spiro atoms. The fourth-order valence-electron chi connectivity index (χ4n) is 3.18. The summed E-state index contributed by atoms with van der Waals surface area (Å²) in [6.07, 6.45) is 0. The first-order valence-corrected chi connectivity index (χ1v) is 9.06. The van der Waals surface area contributed by atoms with Crippen LogP contribution in [0.25, 0.3) is 0 Å². The number of hydrogen-bond donors (Lipinski definition) is 2. The van der Waals surface area contributed by atoms with Crippen molar-refractivity contribution in [1.29, 1.82) is 0 Å². The Labute approximate surface area is 140 Å². The van der Waals surface area contributed by atoms with Crippen LogP contribution >= 0.6 is 23.1 Å². The van der Waals surface area contributed by atoms with Crippen molar-refractivity contribution in [3.05, 3.63) is 44.4 Å². The Morgan fingerprint density at radius 3 is 3.09 bits per heavy atom. The molecule has 8 heteroatoms. The summed E-state index contributed by atoms with van der Waals surface area (Å²) in [4.78, 5) is 24.9. The minimum atomic E-state index is -0.372. The third kappa shape index (κ3) is 2.37. The molecule has 4 rings (SSSR count). The Hall–Kier alpha value is -1.77. The average Bonchev–Trinajstić information content (AvgIpc) is 2.90. The van der Waals surface area contributed by atoms with E-state index in [1.165, 1.54) is 15.9 Å². The average molecular weight is 349 g/mol. The molecule has 2 aromatic rings. The number of nitrogens with one attached hydrogen (secondary N) is 1. The number of benzene rings is 1. The molecule has 3 heterocycles. The fraction of sp³-hybridized carbons (Fsp3) is 0.333. The summed E-state index contributed by atoms with van der Waals surface area (Å²) < 4.78 is 7.38. The van der Waals surface area contributed by atoms with Gasteiger partial charge in [-0.05, 0) is 6.07 Å². The SMILES string of the molecule is NNC(=O)Cn1c2c(sc1=O)[C@@H]1c3ccccc3OC[C@H]1CS2. The quantitative estimate of drug-likeness (QED) is 0.482. The Morgan fingerprint density at radius 2 is 2.26 bits per heavy atom. The number of rotatable bonds is 2. The molecule has 6 nitrogen and oxygen atoms in total. The Kier molecular flexibility index (Phi) is 3.67. The number of fused-ring (bicyclic) bond motifs is 5. The van der Waals surface area contributed by atoms with Crippen LogP contribution < -0.4 is 20.9 Å². The standard InChI is InChI=1S/C15H15N3O3S2/c16-17-11(19)5-18-14-13(23-15(18)20)12-8(7-22-14)6-21-10-4-2-1-3-9(10)12/h1-4,8,12H,5-7,16H2,(H,17,19)/t8-,12-/m0/s1. The summed E-state index contributed by atoms with van der Waals surface area (Å²) in [5.74, 6) is 7.04. The maximum Gasteiger partial charge on any atom is 0.308 e. The zero-order valence-corrected chi connectivity index (χ0v) is 13.8. The van der Waals surface area contributed by atoms with E-state index < -0.39 is 0 Å². The lowest BCUT2D eigenvalue weighted by atomic mass is 9.84. The topological polar surface area (TPSA) is 86.4 Å². The van der Waals surface area contributed by atoms with Gasteiger partial charge in [0.1, 0.15) is 12.3 Å². The number of amides is 1. The highest BCUT2D eigenvalue weighted by Crippen LogP contribution is 2.50. The van der Waals surface area contributed by atoms with Crippen molar-refractivity contribution in [1.82, 2.24) is 9.99 Å². The molecule has 2 aliphatic heterocycles. The van der Waals surface area contributed by atoms with E-state index in [0.29, 0.717) is 12.5 Å². The normalized spacial score (nSPS) is 21.6. The van der Waals surface area contributed by atoms with Crippen molar-refractivity contribution in [2.75, 3.05) is 12.4 Å². The third-order valence-electron chi connectivity index (χ3n) is 4.23. The minimum absolute atomic E-state index is 0.0380. The molecular weight excluding hydrogens is 334 g/mol. The second kappa shape index (κ2) is 5.70. The number of nitrogens with zero attached hydrogens (tertiary/aromatic N) is 1. The Morgan fingerprint density at radius 1 is 1.43 bits per heavy atom. The molecule has 2 aliphatic rings. The predicted molar refractivity (Wildman–Crippen MR) is 88.9 cm³/mol. The molecule has 0 radical (unpaired) electrons. The lowest BCUT2D eigenvalue weighted by Gasteiger charge is -2.36. The van der Waals surface area contributed by atoms with E-state index in [-0.39, 0.29) is 23.2 Å². The van der Waals surface area contributed by atoms with E-state index in [9.17, 15) is 9.59 Å². The van der Waals surface area contributed by atoms with Gasteiger partial charge in [-0.15, -0.1) is 11.8 Å². The number of hydrogen-bond acceptors (Lipinski definition) is 6. The molecule has 23 heavy (non-hydrogen) atoms. The predicted octanol–water partition coefficient (Wildman–Crippen LogP) is 1.15. The molecule has 2 atom stereocenters. The third-order valence-corrected chi connectivity index (χ3v) is 6.73. The van der Waals surface area contributed by atoms with Crippen molar-refractivity contribution in [3.63, 3.8) is 0 Å². The van der Waals surface area contributed by atoms with Gasteiger partial charge in [-0.2, -0.15) is 0 Å². The van der Waals surface area contributed by atoms with Gasteiger partial charge in [0.2, 0.25) is 0 Å². The number of aromatic nitrogens is 1. The van der Waals surface area contributed by atoms with Gasteiger partial charge in [0.15, 0.2) is 0 Å². The molecule has 0 saturated heterocycles. The molecule has 0 aliphatic carbocycles. The summed E-state index contributed by atoms with van der Waals surface area (Å²) >= 11 is 2.85. The van der Waals surface area contributed by atoms with E-state index in [2.05, 4.69) is 11.5 Å². The highest BCUT2D eigenvalue weighted by atomic mass is 32.2. The number of hydrazine groups is 1. The summed E-state index contributed by atoms with van der Waals surface area (Å²) in [5.41, 5.74) is 3.21. The number of carbonyl (C=O) groups is 1. The Bertz CT molecular complexity index is 830. The summed E-state index contributed by atoms with van der Waals surface area (Å²) in [6.45, 7) is 0.618. The highest BCUT2D eigenvalue weighted by molar-refractivity contribution is 7.99. The van der Waals surface area contributed by atoms with Crippen molar-refractivity contribution in [3.8, 4) is 5.75 Å². The van der Waals surface area contributed by atoms with Crippen molar-refractivity contribution in [2.24, 2.45) is 11.8 Å². The number of carbonyl (C=O) groups excluding carboxylic acids is 1. The van der Waals surface area contributed by atoms with Crippen molar-refractivity contribution >= 4 is 29.0 Å². The first kappa shape index (κ1) is 14.8. The first-order valence-electron chi connectivity index (χ1n) is 7.26. The largest absolute Gasteiger partial charge is 0.493 e. The van der Waals surface area contributed by atoms with E-state index in [0.717, 1.165) is 27.0 Å². The van der Waals surface area contributed by atoms with Crippen LogP contribution in [0.1, 0.15) is 16.4 Å². The van der Waals surface area contributed by atoms with Crippen molar-refractivity contribution in [2.45, 2.75) is 17.5 Å². The van der Waals surface area contributed by atoms with Gasteiger partial charge in [0.05, 0.1) is 11.6 Å². The van der Waals surface area contributed by atoms with Crippen molar-refractivity contribution < 1.29 is 9.53 Å². The van der Waals surface area contributed by atoms with Gasteiger partial charge in [-0.1, -0.05) is 29.5 Å². The van der Waals surface area contributed by atoms with Crippen LogP contribution in [0.5, 0.6) is 5.75 Å². The van der Waals surface area contributed by atoms with Crippen LogP contribution in [0.4, 0.5) is 0 Å². The minimum Gasteiger partial charge on any atom is -0.493 e. The molecule has 0 bridgehead atoms. The van der Waals surface area contributed by atoms with E-state index >= 15 is 0 Å². The van der Waals surface area contributed by atoms with E-state index in [1.54, 1.807) is 11.8 Å². The first-order chi connectivity index (χ1) is 11.2. The van der Waals surface area contributed by atoms with Gasteiger partial charge in [0, 0.05) is 28.0 Å². The molecule has 0 unspecified atom stereocenters. The summed E-state index contributed by atoms with van der Waals surface area (Å²) in [7, 11) is 0. The molecule has 0 fully saturated rings. The molecule has 3 N–H and O–H groups in total. The van der Waals surface area contributed by atoms with Crippen LogP contribution in [0, 0.1) is 5.92 Å². The van der Waals surface area contributed by atoms with Crippen LogP contribution in [0.2, 0.25) is 0 Å². The zero-order valence-electron chi connectivity index (χ0n) is 12.2. The van der Waals surface area contributed by atoms with Gasteiger partial charge in [-0.3, -0.25) is 19.6 Å². The monoisotopic (exact) mass is 349 g/mol. The van der Waals surface area contributed by atoms with Crippen LogP contribution in [0.3, 0.4) is 0 Å².